The molecule has 0 bridgehead atoms. The summed E-state index contributed by atoms with van der Waals surface area (Å²) in [5.74, 6) is -0.0782. The SMILES string of the molecule is CN(CCO)C(=O)c1ccc2cc[nH]c2c1. The number of hydrogen-bond donors (Lipinski definition) is 2. The second-order valence-corrected chi connectivity index (χ2v) is 3.73. The molecule has 2 aromatic rings. The molecule has 16 heavy (non-hydrogen) atoms. The van der Waals surface area contributed by atoms with Crippen molar-refractivity contribution < 1.29 is 9.90 Å². The fourth-order valence-corrected chi connectivity index (χ4v) is 1.65. The summed E-state index contributed by atoms with van der Waals surface area (Å²) in [5, 5.41) is 9.86. The molecule has 1 amide bonds. The molecule has 4 nitrogen and oxygen atoms in total. The Morgan fingerprint density at radius 1 is 1.44 bits per heavy atom. The number of likely N-dealkylation sites (N-methyl/N-ethyl adjacent to an activating group) is 1. The van der Waals surface area contributed by atoms with Crippen molar-refractivity contribution in [1.82, 2.24) is 9.88 Å². The Kier molecular flexibility index (Phi) is 2.92. The number of rotatable bonds is 3. The number of fused-ring (bicyclic) bond motifs is 1. The first-order valence-corrected chi connectivity index (χ1v) is 5.16. The number of carbonyl (C=O) groups excluding carboxylic acids is 1. The quantitative estimate of drug-likeness (QED) is 0.814. The van der Waals surface area contributed by atoms with Crippen LogP contribution >= 0.6 is 0 Å². The van der Waals surface area contributed by atoms with E-state index in [1.165, 1.54) is 4.90 Å². The summed E-state index contributed by atoms with van der Waals surface area (Å²) in [5.41, 5.74) is 1.58. The first-order chi connectivity index (χ1) is 7.72. The van der Waals surface area contributed by atoms with Gasteiger partial charge in [-0.1, -0.05) is 6.07 Å². The lowest BCUT2D eigenvalue weighted by molar-refractivity contribution is 0.0767. The first kappa shape index (κ1) is 10.7. The van der Waals surface area contributed by atoms with Crippen LogP contribution < -0.4 is 0 Å². The smallest absolute Gasteiger partial charge is 0.253 e. The van der Waals surface area contributed by atoms with Crippen LogP contribution in [0.25, 0.3) is 10.9 Å². The van der Waals surface area contributed by atoms with Gasteiger partial charge in [0.05, 0.1) is 6.61 Å². The van der Waals surface area contributed by atoms with Crippen molar-refractivity contribution in [3.05, 3.63) is 36.0 Å². The fourth-order valence-electron chi connectivity index (χ4n) is 1.65. The number of nitrogens with zero attached hydrogens (tertiary/aromatic N) is 1. The predicted octanol–water partition coefficient (Wildman–Crippen LogP) is 1.23. The summed E-state index contributed by atoms with van der Waals surface area (Å²) in [4.78, 5) is 16.5. The number of hydrogen-bond acceptors (Lipinski definition) is 2. The first-order valence-electron chi connectivity index (χ1n) is 5.16. The highest BCUT2D eigenvalue weighted by molar-refractivity contribution is 5.97. The van der Waals surface area contributed by atoms with Crippen LogP contribution in [0.1, 0.15) is 10.4 Å². The van der Waals surface area contributed by atoms with Crippen molar-refractivity contribution in [3.8, 4) is 0 Å². The zero-order valence-electron chi connectivity index (χ0n) is 9.10. The third-order valence-corrected chi connectivity index (χ3v) is 2.58. The Morgan fingerprint density at radius 2 is 2.25 bits per heavy atom. The van der Waals surface area contributed by atoms with Crippen LogP contribution in [0.2, 0.25) is 0 Å². The highest BCUT2D eigenvalue weighted by Crippen LogP contribution is 2.15. The zero-order valence-corrected chi connectivity index (χ0v) is 9.10. The molecule has 0 saturated heterocycles. The molecule has 1 heterocycles. The van der Waals surface area contributed by atoms with Crippen LogP contribution in [-0.4, -0.2) is 41.1 Å². The lowest BCUT2D eigenvalue weighted by Gasteiger charge is -2.15. The minimum atomic E-state index is -0.0782. The minimum absolute atomic E-state index is 0.0208. The van der Waals surface area contributed by atoms with E-state index in [0.717, 1.165) is 10.9 Å². The van der Waals surface area contributed by atoms with Gasteiger partial charge in [0.1, 0.15) is 0 Å². The average molecular weight is 218 g/mol. The monoisotopic (exact) mass is 218 g/mol. The van der Waals surface area contributed by atoms with Gasteiger partial charge < -0.3 is 15.0 Å². The van der Waals surface area contributed by atoms with Crippen LogP contribution in [0.4, 0.5) is 0 Å². The van der Waals surface area contributed by atoms with E-state index in [1.807, 2.05) is 24.4 Å². The number of nitrogens with one attached hydrogen (secondary N) is 1. The molecule has 0 saturated carbocycles. The van der Waals surface area contributed by atoms with Crippen molar-refractivity contribution in [2.45, 2.75) is 0 Å². The van der Waals surface area contributed by atoms with E-state index in [9.17, 15) is 4.79 Å². The summed E-state index contributed by atoms with van der Waals surface area (Å²) in [6.45, 7) is 0.328. The van der Waals surface area contributed by atoms with Gasteiger partial charge in [0, 0.05) is 30.9 Å². The van der Waals surface area contributed by atoms with Crippen molar-refractivity contribution in [1.29, 1.82) is 0 Å². The predicted molar refractivity (Wildman–Crippen MR) is 62.3 cm³/mol. The van der Waals surface area contributed by atoms with Gasteiger partial charge in [-0.25, -0.2) is 0 Å². The molecule has 0 spiro atoms. The third-order valence-electron chi connectivity index (χ3n) is 2.58. The van der Waals surface area contributed by atoms with Gasteiger partial charge in [-0.05, 0) is 23.6 Å². The Hall–Kier alpha value is -1.81. The van der Waals surface area contributed by atoms with Gasteiger partial charge in [0.2, 0.25) is 0 Å². The lowest BCUT2D eigenvalue weighted by atomic mass is 10.1. The van der Waals surface area contributed by atoms with E-state index in [2.05, 4.69) is 4.98 Å². The van der Waals surface area contributed by atoms with Gasteiger partial charge in [-0.3, -0.25) is 4.79 Å². The largest absolute Gasteiger partial charge is 0.395 e. The Morgan fingerprint density at radius 3 is 3.00 bits per heavy atom. The van der Waals surface area contributed by atoms with Gasteiger partial charge >= 0.3 is 0 Å². The number of aliphatic hydroxyl groups is 1. The number of H-pyrrole nitrogens is 1. The molecular formula is C12H14N2O2. The number of aromatic nitrogens is 1. The van der Waals surface area contributed by atoms with E-state index >= 15 is 0 Å². The van der Waals surface area contributed by atoms with Crippen LogP contribution in [-0.2, 0) is 0 Å². The number of benzene rings is 1. The third kappa shape index (κ3) is 1.92. The Bertz CT molecular complexity index is 504. The maximum atomic E-state index is 11.9. The summed E-state index contributed by atoms with van der Waals surface area (Å²) in [6, 6.07) is 7.49. The zero-order chi connectivity index (χ0) is 11.5. The van der Waals surface area contributed by atoms with Crippen molar-refractivity contribution in [3.63, 3.8) is 0 Å². The molecule has 1 aromatic heterocycles. The number of aliphatic hydroxyl groups excluding tert-OH is 1. The Labute approximate surface area is 93.5 Å². The van der Waals surface area contributed by atoms with Gasteiger partial charge in [0.15, 0.2) is 0 Å². The molecule has 0 aliphatic rings. The molecule has 0 fully saturated rings. The summed E-state index contributed by atoms with van der Waals surface area (Å²) < 4.78 is 0. The molecule has 0 aliphatic carbocycles. The van der Waals surface area contributed by atoms with Gasteiger partial charge in [-0.2, -0.15) is 0 Å². The fraction of sp³-hybridized carbons (Fsp3) is 0.250. The second-order valence-electron chi connectivity index (χ2n) is 3.73. The molecule has 84 valence electrons. The molecule has 4 heteroatoms. The van der Waals surface area contributed by atoms with Gasteiger partial charge in [-0.15, -0.1) is 0 Å². The Balaban J connectivity index is 2.28. The standard InChI is InChI=1S/C12H14N2O2/c1-14(6-7-15)12(16)10-3-2-9-4-5-13-11(9)8-10/h2-5,8,13,15H,6-7H2,1H3. The molecule has 0 aliphatic heterocycles. The highest BCUT2D eigenvalue weighted by Gasteiger charge is 2.11. The van der Waals surface area contributed by atoms with E-state index < -0.39 is 0 Å². The number of aromatic amines is 1. The maximum absolute atomic E-state index is 11.9. The topological polar surface area (TPSA) is 56.3 Å². The van der Waals surface area contributed by atoms with E-state index in [-0.39, 0.29) is 12.5 Å². The second kappa shape index (κ2) is 4.37. The molecule has 2 rings (SSSR count). The molecule has 1 aromatic carbocycles. The van der Waals surface area contributed by atoms with Crippen molar-refractivity contribution in [2.75, 3.05) is 20.2 Å². The van der Waals surface area contributed by atoms with Crippen molar-refractivity contribution in [2.24, 2.45) is 0 Å². The van der Waals surface area contributed by atoms with E-state index in [1.54, 1.807) is 13.1 Å². The van der Waals surface area contributed by atoms with Crippen molar-refractivity contribution >= 4 is 16.8 Å². The molecule has 2 N–H and O–H groups in total. The van der Waals surface area contributed by atoms with E-state index in [0.29, 0.717) is 12.1 Å². The summed E-state index contributed by atoms with van der Waals surface area (Å²) >= 11 is 0. The molecular weight excluding hydrogens is 204 g/mol. The summed E-state index contributed by atoms with van der Waals surface area (Å²) in [7, 11) is 1.68. The molecule has 0 atom stereocenters. The van der Waals surface area contributed by atoms with Crippen LogP contribution in [0.3, 0.4) is 0 Å². The summed E-state index contributed by atoms with van der Waals surface area (Å²) in [6.07, 6.45) is 1.84. The average Bonchev–Trinajstić information content (AvgIpc) is 2.75. The van der Waals surface area contributed by atoms with Crippen LogP contribution in [0.15, 0.2) is 30.5 Å². The van der Waals surface area contributed by atoms with Crippen LogP contribution in [0.5, 0.6) is 0 Å². The number of carbonyl (C=O) groups is 1. The van der Waals surface area contributed by atoms with Crippen LogP contribution in [0, 0.1) is 0 Å². The van der Waals surface area contributed by atoms with E-state index in [4.69, 9.17) is 5.11 Å². The highest BCUT2D eigenvalue weighted by atomic mass is 16.3. The normalized spacial score (nSPS) is 10.6. The maximum Gasteiger partial charge on any atom is 0.253 e. The lowest BCUT2D eigenvalue weighted by Crippen LogP contribution is -2.29. The molecule has 0 unspecified atom stereocenters. The molecule has 0 radical (unpaired) electrons. The number of amides is 1. The minimum Gasteiger partial charge on any atom is -0.395 e. The van der Waals surface area contributed by atoms with Gasteiger partial charge in [0.25, 0.3) is 5.91 Å².